The van der Waals surface area contributed by atoms with Gasteiger partial charge in [0.2, 0.25) is 0 Å². The molecule has 0 aliphatic carbocycles. The van der Waals surface area contributed by atoms with Crippen LogP contribution in [-0.2, 0) is 0 Å². The molecule has 0 aliphatic heterocycles. The van der Waals surface area contributed by atoms with Crippen molar-refractivity contribution in [2.75, 3.05) is 0 Å². The van der Waals surface area contributed by atoms with Gasteiger partial charge in [0, 0.05) is 0 Å². The standard InChI is InChI=1S/C6H12N2/c1-3-4-5(2)6(7)8/h3-4H,7-8H2,1-2H3. The van der Waals surface area contributed by atoms with E-state index in [-0.39, 0.29) is 0 Å². The predicted octanol–water partition coefficient (Wildman–Crippen LogP) is 0.711. The lowest BCUT2D eigenvalue weighted by Gasteiger charge is -1.92. The zero-order valence-electron chi connectivity index (χ0n) is 5.31. The van der Waals surface area contributed by atoms with Gasteiger partial charge in [0.1, 0.15) is 0 Å². The Morgan fingerprint density at radius 2 is 1.88 bits per heavy atom. The van der Waals surface area contributed by atoms with Crippen LogP contribution in [0.25, 0.3) is 0 Å². The summed E-state index contributed by atoms with van der Waals surface area (Å²) in [5.41, 5.74) is 11.4. The summed E-state index contributed by atoms with van der Waals surface area (Å²) in [7, 11) is 0. The van der Waals surface area contributed by atoms with E-state index in [9.17, 15) is 0 Å². The Kier molecular flexibility index (Phi) is 2.77. The lowest BCUT2D eigenvalue weighted by atomic mass is 10.3. The van der Waals surface area contributed by atoms with Crippen LogP contribution in [0.15, 0.2) is 23.5 Å². The Labute approximate surface area is 49.9 Å². The van der Waals surface area contributed by atoms with E-state index in [4.69, 9.17) is 11.5 Å². The minimum atomic E-state index is 0.392. The van der Waals surface area contributed by atoms with Crippen molar-refractivity contribution >= 4 is 0 Å². The number of allylic oxidation sites excluding steroid dienone is 3. The highest BCUT2D eigenvalue weighted by Gasteiger charge is 1.82. The van der Waals surface area contributed by atoms with E-state index in [0.29, 0.717) is 5.82 Å². The summed E-state index contributed by atoms with van der Waals surface area (Å²) in [5, 5.41) is 0. The first-order valence-corrected chi connectivity index (χ1v) is 2.53. The van der Waals surface area contributed by atoms with Crippen molar-refractivity contribution in [3.8, 4) is 0 Å². The Hall–Kier alpha value is -0.920. The van der Waals surface area contributed by atoms with Crippen LogP contribution >= 0.6 is 0 Å². The number of hydrogen-bond donors (Lipinski definition) is 2. The maximum atomic E-state index is 5.23. The summed E-state index contributed by atoms with van der Waals surface area (Å²) in [4.78, 5) is 0. The molecule has 0 aromatic rings. The van der Waals surface area contributed by atoms with Crippen LogP contribution in [0.2, 0.25) is 0 Å². The molecule has 2 heteroatoms. The Bertz CT molecular complexity index is 118. The first-order chi connectivity index (χ1) is 3.68. The van der Waals surface area contributed by atoms with Gasteiger partial charge >= 0.3 is 0 Å². The summed E-state index contributed by atoms with van der Waals surface area (Å²) in [6, 6.07) is 0. The van der Waals surface area contributed by atoms with Crippen LogP contribution in [0, 0.1) is 0 Å². The van der Waals surface area contributed by atoms with Crippen molar-refractivity contribution in [2.24, 2.45) is 11.5 Å². The first kappa shape index (κ1) is 7.08. The molecule has 0 atom stereocenters. The number of nitrogens with two attached hydrogens (primary N) is 2. The van der Waals surface area contributed by atoms with Crippen molar-refractivity contribution in [3.63, 3.8) is 0 Å². The Balaban J connectivity index is 4.00. The second-order valence-corrected chi connectivity index (χ2v) is 1.64. The van der Waals surface area contributed by atoms with Gasteiger partial charge in [-0.25, -0.2) is 0 Å². The molecule has 0 saturated carbocycles. The molecule has 0 fully saturated rings. The summed E-state index contributed by atoms with van der Waals surface area (Å²) < 4.78 is 0. The van der Waals surface area contributed by atoms with Crippen LogP contribution in [0.1, 0.15) is 13.8 Å². The second kappa shape index (κ2) is 3.13. The lowest BCUT2D eigenvalue weighted by Crippen LogP contribution is -2.09. The smallest absolute Gasteiger partial charge is 0.0963 e. The fraction of sp³-hybridized carbons (Fsp3) is 0.333. The first-order valence-electron chi connectivity index (χ1n) is 2.53. The normalized spacial score (nSPS) is 9.75. The second-order valence-electron chi connectivity index (χ2n) is 1.64. The third kappa shape index (κ3) is 2.29. The number of rotatable bonds is 1. The van der Waals surface area contributed by atoms with Gasteiger partial charge in [-0.3, -0.25) is 0 Å². The van der Waals surface area contributed by atoms with E-state index in [2.05, 4.69) is 0 Å². The fourth-order valence-corrected chi connectivity index (χ4v) is 0.346. The molecular formula is C6H12N2. The van der Waals surface area contributed by atoms with Crippen molar-refractivity contribution in [1.82, 2.24) is 0 Å². The monoisotopic (exact) mass is 112 g/mol. The third-order valence-electron chi connectivity index (χ3n) is 0.872. The van der Waals surface area contributed by atoms with E-state index in [1.807, 2.05) is 26.0 Å². The van der Waals surface area contributed by atoms with Crippen molar-refractivity contribution in [2.45, 2.75) is 13.8 Å². The van der Waals surface area contributed by atoms with Crippen LogP contribution in [0.3, 0.4) is 0 Å². The van der Waals surface area contributed by atoms with Gasteiger partial charge in [-0.05, 0) is 19.4 Å². The molecule has 0 radical (unpaired) electrons. The van der Waals surface area contributed by atoms with Gasteiger partial charge in [-0.15, -0.1) is 0 Å². The molecule has 0 rings (SSSR count). The van der Waals surface area contributed by atoms with E-state index < -0.39 is 0 Å². The van der Waals surface area contributed by atoms with Gasteiger partial charge in [-0.2, -0.15) is 0 Å². The Morgan fingerprint density at radius 3 is 2.00 bits per heavy atom. The largest absolute Gasteiger partial charge is 0.385 e. The average Bonchev–Trinajstić information content (AvgIpc) is 1.67. The Morgan fingerprint density at radius 1 is 1.38 bits per heavy atom. The van der Waals surface area contributed by atoms with E-state index in [1.54, 1.807) is 0 Å². The summed E-state index contributed by atoms with van der Waals surface area (Å²) in [6.07, 6.45) is 3.77. The van der Waals surface area contributed by atoms with E-state index in [1.165, 1.54) is 0 Å². The molecule has 0 aliphatic rings. The molecule has 0 saturated heterocycles. The molecule has 0 spiro atoms. The maximum absolute atomic E-state index is 5.23. The molecule has 46 valence electrons. The topological polar surface area (TPSA) is 52.0 Å². The van der Waals surface area contributed by atoms with Gasteiger partial charge in [0.25, 0.3) is 0 Å². The number of hydrogen-bond acceptors (Lipinski definition) is 2. The SMILES string of the molecule is CC=CC(C)=C(N)N. The highest BCUT2D eigenvalue weighted by Crippen LogP contribution is 1.92. The summed E-state index contributed by atoms with van der Waals surface area (Å²) >= 11 is 0. The summed E-state index contributed by atoms with van der Waals surface area (Å²) in [6.45, 7) is 3.79. The quantitative estimate of drug-likeness (QED) is 0.491. The van der Waals surface area contributed by atoms with Gasteiger partial charge in [-0.1, -0.05) is 12.2 Å². The molecule has 0 amide bonds. The highest BCUT2D eigenvalue weighted by molar-refractivity contribution is 5.18. The molecule has 0 aromatic heterocycles. The zero-order chi connectivity index (χ0) is 6.57. The van der Waals surface area contributed by atoms with Crippen LogP contribution < -0.4 is 11.5 Å². The average molecular weight is 112 g/mol. The molecule has 0 aromatic carbocycles. The summed E-state index contributed by atoms with van der Waals surface area (Å²) in [5.74, 6) is 0.392. The highest BCUT2D eigenvalue weighted by atomic mass is 14.8. The molecule has 2 nitrogen and oxygen atoms in total. The van der Waals surface area contributed by atoms with Gasteiger partial charge in [0.05, 0.1) is 5.82 Å². The van der Waals surface area contributed by atoms with Crippen molar-refractivity contribution in [3.05, 3.63) is 23.5 Å². The molecule has 8 heavy (non-hydrogen) atoms. The molecular weight excluding hydrogens is 100 g/mol. The van der Waals surface area contributed by atoms with Crippen LogP contribution in [0.4, 0.5) is 0 Å². The fourth-order valence-electron chi connectivity index (χ4n) is 0.346. The maximum Gasteiger partial charge on any atom is 0.0963 e. The van der Waals surface area contributed by atoms with E-state index >= 15 is 0 Å². The van der Waals surface area contributed by atoms with Crippen molar-refractivity contribution in [1.29, 1.82) is 0 Å². The third-order valence-corrected chi connectivity index (χ3v) is 0.872. The van der Waals surface area contributed by atoms with Gasteiger partial charge in [0.15, 0.2) is 0 Å². The zero-order valence-corrected chi connectivity index (χ0v) is 5.31. The molecule has 0 bridgehead atoms. The minimum absolute atomic E-state index is 0.392. The van der Waals surface area contributed by atoms with Gasteiger partial charge < -0.3 is 11.5 Å². The van der Waals surface area contributed by atoms with Crippen molar-refractivity contribution < 1.29 is 0 Å². The van der Waals surface area contributed by atoms with Crippen LogP contribution in [0.5, 0.6) is 0 Å². The minimum Gasteiger partial charge on any atom is -0.385 e. The predicted molar refractivity (Wildman–Crippen MR) is 35.9 cm³/mol. The lowest BCUT2D eigenvalue weighted by molar-refractivity contribution is 1.19. The van der Waals surface area contributed by atoms with E-state index in [0.717, 1.165) is 5.57 Å². The molecule has 0 heterocycles. The molecule has 0 unspecified atom stereocenters. The van der Waals surface area contributed by atoms with Crippen LogP contribution in [-0.4, -0.2) is 0 Å². The molecule has 4 N–H and O–H groups in total.